The van der Waals surface area contributed by atoms with Crippen molar-refractivity contribution >= 4 is 23.3 Å². The molecule has 0 aromatic heterocycles. The molecule has 9 heteroatoms. The van der Waals surface area contributed by atoms with Gasteiger partial charge in [0.15, 0.2) is 0 Å². The summed E-state index contributed by atoms with van der Waals surface area (Å²) in [6.45, 7) is 2.65. The van der Waals surface area contributed by atoms with Crippen LogP contribution in [0.4, 0.5) is 5.69 Å². The monoisotopic (exact) mass is 541 g/mol. The third kappa shape index (κ3) is 6.46. The van der Waals surface area contributed by atoms with Gasteiger partial charge >= 0.3 is 5.97 Å². The standard InChI is InChI=1S/C29H32ClNO7/c1-3-37-22-10-7-17(8-11-22)13-20-14-18(9-12-23(20)30)28-27(34)26(33)25(32)24(38-28)16-31-21-6-4-5-19(15-21)29(35)36-2/h4-12,14-15,24-28,31-34H,3,13,16H2,1-2H3/t24-,25-,26+,27-,28+/m1/s1. The molecular weight excluding hydrogens is 510 g/mol. The van der Waals surface area contributed by atoms with E-state index in [0.717, 1.165) is 16.9 Å². The fourth-order valence-electron chi connectivity index (χ4n) is 4.48. The molecule has 0 radical (unpaired) electrons. The number of benzene rings is 3. The Hall–Kier alpha value is -3.14. The number of halogens is 1. The summed E-state index contributed by atoms with van der Waals surface area (Å²) in [6.07, 6.45) is -5.28. The molecule has 1 fully saturated rings. The minimum absolute atomic E-state index is 0.124. The molecule has 1 aliphatic heterocycles. The van der Waals surface area contributed by atoms with Crippen molar-refractivity contribution in [3.05, 3.63) is 94.0 Å². The predicted molar refractivity (Wildman–Crippen MR) is 144 cm³/mol. The van der Waals surface area contributed by atoms with E-state index in [1.165, 1.54) is 7.11 Å². The number of nitrogens with one attached hydrogen (secondary N) is 1. The Morgan fingerprint density at radius 1 is 1.00 bits per heavy atom. The SMILES string of the molecule is CCOc1ccc(Cc2cc([C@@H]3O[C@H](CNc4cccc(C(=O)OC)c4)[C@@H](O)[C@H](O)[C@H]3O)ccc2Cl)cc1. The van der Waals surface area contributed by atoms with Gasteiger partial charge in [-0.2, -0.15) is 0 Å². The summed E-state index contributed by atoms with van der Waals surface area (Å²) < 4.78 is 16.4. The van der Waals surface area contributed by atoms with Crippen LogP contribution in [0, 0.1) is 0 Å². The zero-order valence-corrected chi connectivity index (χ0v) is 22.0. The van der Waals surface area contributed by atoms with Crippen LogP contribution < -0.4 is 10.1 Å². The zero-order chi connectivity index (χ0) is 27.2. The summed E-state index contributed by atoms with van der Waals surface area (Å²) in [6, 6.07) is 19.8. The third-order valence-corrected chi connectivity index (χ3v) is 6.90. The second-order valence-electron chi connectivity index (χ2n) is 9.12. The Morgan fingerprint density at radius 2 is 1.76 bits per heavy atom. The van der Waals surface area contributed by atoms with E-state index in [-0.39, 0.29) is 6.54 Å². The fraction of sp³-hybridized carbons (Fsp3) is 0.345. The highest BCUT2D eigenvalue weighted by atomic mass is 35.5. The van der Waals surface area contributed by atoms with Crippen LogP contribution in [0.3, 0.4) is 0 Å². The highest BCUT2D eigenvalue weighted by Gasteiger charge is 2.44. The van der Waals surface area contributed by atoms with Gasteiger partial charge in [0.05, 0.1) is 19.3 Å². The predicted octanol–water partition coefficient (Wildman–Crippen LogP) is 3.75. The quantitative estimate of drug-likeness (QED) is 0.303. The number of ether oxygens (including phenoxy) is 3. The lowest BCUT2D eigenvalue weighted by atomic mass is 9.90. The van der Waals surface area contributed by atoms with Gasteiger partial charge in [-0.25, -0.2) is 4.79 Å². The Bertz CT molecular complexity index is 1240. The number of hydrogen-bond acceptors (Lipinski definition) is 8. The van der Waals surface area contributed by atoms with Crippen LogP contribution in [-0.2, 0) is 15.9 Å². The van der Waals surface area contributed by atoms with E-state index >= 15 is 0 Å². The maximum Gasteiger partial charge on any atom is 0.337 e. The third-order valence-electron chi connectivity index (χ3n) is 6.53. The van der Waals surface area contributed by atoms with Crippen molar-refractivity contribution in [3.8, 4) is 5.75 Å². The summed E-state index contributed by atoms with van der Waals surface area (Å²) in [5.41, 5.74) is 3.48. The highest BCUT2D eigenvalue weighted by Crippen LogP contribution is 2.35. The van der Waals surface area contributed by atoms with Crippen LogP contribution in [0.5, 0.6) is 5.75 Å². The topological polar surface area (TPSA) is 117 Å². The lowest BCUT2D eigenvalue weighted by Gasteiger charge is -2.41. The molecule has 0 bridgehead atoms. The van der Waals surface area contributed by atoms with Gasteiger partial charge in [0.1, 0.15) is 36.3 Å². The van der Waals surface area contributed by atoms with Gasteiger partial charge in [-0.05, 0) is 66.4 Å². The summed E-state index contributed by atoms with van der Waals surface area (Å²) in [7, 11) is 1.31. The number of aliphatic hydroxyl groups is 3. The van der Waals surface area contributed by atoms with Crippen LogP contribution >= 0.6 is 11.6 Å². The van der Waals surface area contributed by atoms with Gasteiger partial charge in [-0.15, -0.1) is 0 Å². The molecule has 0 saturated carbocycles. The maximum absolute atomic E-state index is 11.8. The number of anilines is 1. The number of carbonyl (C=O) groups is 1. The molecule has 0 amide bonds. The van der Waals surface area contributed by atoms with Gasteiger partial charge in [-0.1, -0.05) is 41.9 Å². The van der Waals surface area contributed by atoms with Crippen LogP contribution in [0.1, 0.15) is 40.1 Å². The summed E-state index contributed by atoms with van der Waals surface area (Å²) >= 11 is 6.49. The first-order valence-electron chi connectivity index (χ1n) is 12.4. The van der Waals surface area contributed by atoms with Gasteiger partial charge in [0, 0.05) is 17.3 Å². The second kappa shape index (κ2) is 12.6. The molecule has 4 rings (SSSR count). The van der Waals surface area contributed by atoms with Gasteiger partial charge < -0.3 is 34.8 Å². The number of hydrogen-bond donors (Lipinski definition) is 4. The normalized spacial score (nSPS) is 23.1. The van der Waals surface area contributed by atoms with Crippen molar-refractivity contribution in [1.29, 1.82) is 0 Å². The Morgan fingerprint density at radius 3 is 2.47 bits per heavy atom. The first-order chi connectivity index (χ1) is 18.3. The van der Waals surface area contributed by atoms with E-state index < -0.39 is 36.5 Å². The van der Waals surface area contributed by atoms with Crippen LogP contribution in [0.2, 0.25) is 5.02 Å². The van der Waals surface area contributed by atoms with E-state index in [4.69, 9.17) is 25.8 Å². The zero-order valence-electron chi connectivity index (χ0n) is 21.2. The minimum Gasteiger partial charge on any atom is -0.494 e. The molecule has 1 saturated heterocycles. The molecule has 1 heterocycles. The fourth-order valence-corrected chi connectivity index (χ4v) is 4.67. The molecule has 38 heavy (non-hydrogen) atoms. The first kappa shape index (κ1) is 27.9. The van der Waals surface area contributed by atoms with Crippen LogP contribution in [-0.4, -0.2) is 66.0 Å². The summed E-state index contributed by atoms with van der Waals surface area (Å²) in [5, 5.41) is 35.7. The lowest BCUT2D eigenvalue weighted by molar-refractivity contribution is -0.220. The number of aliphatic hydroxyl groups excluding tert-OH is 3. The summed E-state index contributed by atoms with van der Waals surface area (Å²) in [4.78, 5) is 11.8. The van der Waals surface area contributed by atoms with E-state index in [1.54, 1.807) is 36.4 Å². The minimum atomic E-state index is -1.42. The van der Waals surface area contributed by atoms with E-state index in [2.05, 4.69) is 5.32 Å². The van der Waals surface area contributed by atoms with Gasteiger partial charge in [0.2, 0.25) is 0 Å². The number of carbonyl (C=O) groups excluding carboxylic acids is 1. The summed E-state index contributed by atoms with van der Waals surface area (Å²) in [5.74, 6) is 0.323. The van der Waals surface area contributed by atoms with Crippen molar-refractivity contribution in [2.75, 3.05) is 25.6 Å². The number of esters is 1. The van der Waals surface area contributed by atoms with E-state index in [0.29, 0.717) is 34.9 Å². The van der Waals surface area contributed by atoms with Crippen molar-refractivity contribution < 1.29 is 34.3 Å². The largest absolute Gasteiger partial charge is 0.494 e. The average molecular weight is 542 g/mol. The number of methoxy groups -OCH3 is 1. The van der Waals surface area contributed by atoms with E-state index in [9.17, 15) is 20.1 Å². The molecular formula is C29H32ClNO7. The Kier molecular flexibility index (Phi) is 9.25. The number of rotatable bonds is 9. The van der Waals surface area contributed by atoms with Gasteiger partial charge in [-0.3, -0.25) is 0 Å². The van der Waals surface area contributed by atoms with Crippen molar-refractivity contribution in [2.45, 2.75) is 43.9 Å². The Labute approximate surface area is 226 Å². The molecule has 0 spiro atoms. The molecule has 3 aromatic rings. The molecule has 0 unspecified atom stereocenters. The average Bonchev–Trinajstić information content (AvgIpc) is 2.93. The molecule has 5 atom stereocenters. The maximum atomic E-state index is 11.8. The molecule has 4 N–H and O–H groups in total. The Balaban J connectivity index is 1.49. The van der Waals surface area contributed by atoms with Crippen LogP contribution in [0.25, 0.3) is 0 Å². The molecule has 0 aliphatic carbocycles. The van der Waals surface area contributed by atoms with E-state index in [1.807, 2.05) is 37.3 Å². The second-order valence-corrected chi connectivity index (χ2v) is 9.53. The van der Waals surface area contributed by atoms with Crippen molar-refractivity contribution in [2.24, 2.45) is 0 Å². The highest BCUT2D eigenvalue weighted by molar-refractivity contribution is 6.31. The first-order valence-corrected chi connectivity index (χ1v) is 12.8. The molecule has 1 aliphatic rings. The molecule has 202 valence electrons. The molecule has 8 nitrogen and oxygen atoms in total. The van der Waals surface area contributed by atoms with Crippen molar-refractivity contribution in [1.82, 2.24) is 0 Å². The molecule has 3 aromatic carbocycles. The van der Waals surface area contributed by atoms with Crippen molar-refractivity contribution in [3.63, 3.8) is 0 Å². The van der Waals surface area contributed by atoms with Gasteiger partial charge in [0.25, 0.3) is 0 Å². The lowest BCUT2D eigenvalue weighted by Crippen LogP contribution is -2.56. The van der Waals surface area contributed by atoms with Crippen LogP contribution in [0.15, 0.2) is 66.7 Å². The smallest absolute Gasteiger partial charge is 0.337 e.